The number of hydrogen-bond acceptors (Lipinski definition) is 2. The van der Waals surface area contributed by atoms with Gasteiger partial charge in [0.25, 0.3) is 5.91 Å². The summed E-state index contributed by atoms with van der Waals surface area (Å²) in [6.07, 6.45) is 0.947. The molecule has 1 fully saturated rings. The SMILES string of the molecule is O=C(NCCC[NH+]1CCOCC1)c1ccc(F)cc1. The van der Waals surface area contributed by atoms with E-state index >= 15 is 0 Å². The third kappa shape index (κ3) is 4.61. The van der Waals surface area contributed by atoms with Crippen LogP contribution in [-0.2, 0) is 4.74 Å². The normalized spacial score (nSPS) is 16.3. The molecule has 5 heteroatoms. The first-order valence-corrected chi connectivity index (χ1v) is 6.71. The molecule has 2 rings (SSSR count). The van der Waals surface area contributed by atoms with Crippen LogP contribution in [0.15, 0.2) is 24.3 Å². The molecule has 1 aliphatic rings. The summed E-state index contributed by atoms with van der Waals surface area (Å²) in [5, 5.41) is 2.85. The van der Waals surface area contributed by atoms with E-state index in [1.165, 1.54) is 29.2 Å². The van der Waals surface area contributed by atoms with E-state index in [0.29, 0.717) is 12.1 Å². The lowest BCUT2D eigenvalue weighted by Gasteiger charge is -2.23. The van der Waals surface area contributed by atoms with Gasteiger partial charge in [-0.3, -0.25) is 4.79 Å². The molecular formula is C14H20FN2O2+. The van der Waals surface area contributed by atoms with Crippen molar-refractivity contribution in [2.45, 2.75) is 6.42 Å². The summed E-state index contributed by atoms with van der Waals surface area (Å²) in [6, 6.07) is 5.59. The van der Waals surface area contributed by atoms with Crippen LogP contribution in [0.3, 0.4) is 0 Å². The molecule has 0 bridgehead atoms. The number of carbonyl (C=O) groups is 1. The number of amides is 1. The molecule has 1 aromatic rings. The van der Waals surface area contributed by atoms with Crippen LogP contribution in [0, 0.1) is 5.82 Å². The molecule has 0 atom stereocenters. The fourth-order valence-corrected chi connectivity index (χ4v) is 2.15. The van der Waals surface area contributed by atoms with E-state index in [4.69, 9.17) is 4.74 Å². The number of morpholine rings is 1. The molecule has 2 N–H and O–H groups in total. The molecular weight excluding hydrogens is 247 g/mol. The smallest absolute Gasteiger partial charge is 0.251 e. The number of quaternary nitrogens is 1. The lowest BCUT2D eigenvalue weighted by Crippen LogP contribution is -3.14. The van der Waals surface area contributed by atoms with Gasteiger partial charge in [0.2, 0.25) is 0 Å². The maximum Gasteiger partial charge on any atom is 0.251 e. The monoisotopic (exact) mass is 267 g/mol. The van der Waals surface area contributed by atoms with Gasteiger partial charge < -0.3 is 15.0 Å². The Kier molecular flexibility index (Phi) is 5.30. The minimum atomic E-state index is -0.326. The van der Waals surface area contributed by atoms with Gasteiger partial charge in [0.1, 0.15) is 18.9 Å². The molecule has 104 valence electrons. The largest absolute Gasteiger partial charge is 0.370 e. The van der Waals surface area contributed by atoms with Crippen molar-refractivity contribution in [3.05, 3.63) is 35.6 Å². The number of hydrogen-bond donors (Lipinski definition) is 2. The van der Waals surface area contributed by atoms with Crippen molar-refractivity contribution in [1.29, 1.82) is 0 Å². The van der Waals surface area contributed by atoms with Gasteiger partial charge in [0.15, 0.2) is 0 Å². The van der Waals surface area contributed by atoms with E-state index in [-0.39, 0.29) is 11.7 Å². The van der Waals surface area contributed by atoms with E-state index in [0.717, 1.165) is 39.3 Å². The van der Waals surface area contributed by atoms with E-state index in [1.54, 1.807) is 0 Å². The zero-order chi connectivity index (χ0) is 13.5. The van der Waals surface area contributed by atoms with Crippen LogP contribution in [0.2, 0.25) is 0 Å². The highest BCUT2D eigenvalue weighted by Gasteiger charge is 2.13. The lowest BCUT2D eigenvalue weighted by atomic mass is 10.2. The summed E-state index contributed by atoms with van der Waals surface area (Å²) in [4.78, 5) is 13.3. The standard InChI is InChI=1S/C14H19FN2O2/c15-13-4-2-12(3-5-13)14(18)16-6-1-7-17-8-10-19-11-9-17/h2-5H,1,6-11H2,(H,16,18)/p+1. The number of ether oxygens (including phenoxy) is 1. The van der Waals surface area contributed by atoms with Gasteiger partial charge in [-0.2, -0.15) is 0 Å². The fraction of sp³-hybridized carbons (Fsp3) is 0.500. The summed E-state index contributed by atoms with van der Waals surface area (Å²) in [7, 11) is 0. The minimum Gasteiger partial charge on any atom is -0.370 e. The van der Waals surface area contributed by atoms with Crippen LogP contribution in [0.1, 0.15) is 16.8 Å². The van der Waals surface area contributed by atoms with Gasteiger partial charge >= 0.3 is 0 Å². The molecule has 1 amide bonds. The Morgan fingerprint density at radius 3 is 2.63 bits per heavy atom. The third-order valence-electron chi connectivity index (χ3n) is 3.30. The zero-order valence-electron chi connectivity index (χ0n) is 11.0. The Balaban J connectivity index is 1.64. The van der Waals surface area contributed by atoms with Crippen LogP contribution >= 0.6 is 0 Å². The molecule has 1 aliphatic heterocycles. The molecule has 0 aromatic heterocycles. The molecule has 0 saturated carbocycles. The van der Waals surface area contributed by atoms with E-state index in [9.17, 15) is 9.18 Å². The second kappa shape index (κ2) is 7.21. The Bertz CT molecular complexity index is 402. The van der Waals surface area contributed by atoms with E-state index in [2.05, 4.69) is 5.32 Å². The van der Waals surface area contributed by atoms with Gasteiger partial charge in [-0.15, -0.1) is 0 Å². The maximum absolute atomic E-state index is 12.7. The molecule has 4 nitrogen and oxygen atoms in total. The van der Waals surface area contributed by atoms with E-state index in [1.807, 2.05) is 0 Å². The number of rotatable bonds is 5. The fourth-order valence-electron chi connectivity index (χ4n) is 2.15. The van der Waals surface area contributed by atoms with Gasteiger partial charge in [-0.05, 0) is 24.3 Å². The van der Waals surface area contributed by atoms with Crippen molar-refractivity contribution in [2.75, 3.05) is 39.4 Å². The summed E-state index contributed by atoms with van der Waals surface area (Å²) in [6.45, 7) is 5.46. The Hall–Kier alpha value is -1.46. The van der Waals surface area contributed by atoms with Crippen LogP contribution < -0.4 is 10.2 Å². The summed E-state index contributed by atoms with van der Waals surface area (Å²) < 4.78 is 18.0. The molecule has 1 saturated heterocycles. The third-order valence-corrected chi connectivity index (χ3v) is 3.30. The predicted octanol–water partition coefficient (Wildman–Crippen LogP) is -0.139. The molecule has 0 spiro atoms. The summed E-state index contributed by atoms with van der Waals surface area (Å²) in [5.74, 6) is -0.468. The van der Waals surface area contributed by atoms with Gasteiger partial charge in [-0.1, -0.05) is 0 Å². The van der Waals surface area contributed by atoms with Crippen molar-refractivity contribution in [2.24, 2.45) is 0 Å². The zero-order valence-corrected chi connectivity index (χ0v) is 11.0. The maximum atomic E-state index is 12.7. The minimum absolute atomic E-state index is 0.142. The highest BCUT2D eigenvalue weighted by atomic mass is 19.1. The second-order valence-electron chi connectivity index (χ2n) is 4.73. The topological polar surface area (TPSA) is 42.8 Å². The van der Waals surface area contributed by atoms with Crippen LogP contribution in [0.25, 0.3) is 0 Å². The quantitative estimate of drug-likeness (QED) is 0.729. The molecule has 1 aromatic carbocycles. The molecule has 1 heterocycles. The van der Waals surface area contributed by atoms with Crippen molar-refractivity contribution < 1.29 is 18.8 Å². The lowest BCUT2D eigenvalue weighted by molar-refractivity contribution is -0.908. The predicted molar refractivity (Wildman–Crippen MR) is 69.7 cm³/mol. The average molecular weight is 267 g/mol. The van der Waals surface area contributed by atoms with Crippen LogP contribution in [0.5, 0.6) is 0 Å². The Morgan fingerprint density at radius 1 is 1.26 bits per heavy atom. The highest BCUT2D eigenvalue weighted by Crippen LogP contribution is 2.02. The number of nitrogens with one attached hydrogen (secondary N) is 2. The first kappa shape index (κ1) is 14.0. The molecule has 0 radical (unpaired) electrons. The molecule has 0 unspecified atom stereocenters. The van der Waals surface area contributed by atoms with Crippen LogP contribution in [-0.4, -0.2) is 45.3 Å². The molecule has 0 aliphatic carbocycles. The summed E-state index contributed by atoms with van der Waals surface area (Å²) in [5.41, 5.74) is 0.500. The van der Waals surface area contributed by atoms with Gasteiger partial charge in [-0.25, -0.2) is 4.39 Å². The number of benzene rings is 1. The summed E-state index contributed by atoms with van der Waals surface area (Å²) >= 11 is 0. The molecule has 19 heavy (non-hydrogen) atoms. The van der Waals surface area contributed by atoms with E-state index < -0.39 is 0 Å². The first-order chi connectivity index (χ1) is 9.25. The second-order valence-corrected chi connectivity index (χ2v) is 4.73. The van der Waals surface area contributed by atoms with Crippen molar-refractivity contribution in [1.82, 2.24) is 5.32 Å². The Morgan fingerprint density at radius 2 is 1.95 bits per heavy atom. The van der Waals surface area contributed by atoms with Crippen molar-refractivity contribution in [3.8, 4) is 0 Å². The number of carbonyl (C=O) groups excluding carboxylic acids is 1. The van der Waals surface area contributed by atoms with Gasteiger partial charge in [0.05, 0.1) is 19.8 Å². The van der Waals surface area contributed by atoms with Crippen LogP contribution in [0.4, 0.5) is 4.39 Å². The highest BCUT2D eigenvalue weighted by molar-refractivity contribution is 5.94. The van der Waals surface area contributed by atoms with Crippen molar-refractivity contribution >= 4 is 5.91 Å². The Labute approximate surface area is 112 Å². The first-order valence-electron chi connectivity index (χ1n) is 6.71. The average Bonchev–Trinajstić information content (AvgIpc) is 2.45. The van der Waals surface area contributed by atoms with Gasteiger partial charge in [0, 0.05) is 18.5 Å². The number of halogens is 1. The van der Waals surface area contributed by atoms with Crippen molar-refractivity contribution in [3.63, 3.8) is 0 Å².